The Morgan fingerprint density at radius 1 is 1.67 bits per heavy atom. The van der Waals surface area contributed by atoms with Gasteiger partial charge in [-0.25, -0.2) is 0 Å². The third-order valence-corrected chi connectivity index (χ3v) is 0.536. The first-order chi connectivity index (χ1) is 3.77. The van der Waals surface area contributed by atoms with Gasteiger partial charge in [-0.05, 0) is 6.54 Å². The van der Waals surface area contributed by atoms with Crippen molar-refractivity contribution in [3.63, 3.8) is 0 Å². The molecule has 0 saturated carbocycles. The van der Waals surface area contributed by atoms with E-state index in [1.54, 1.807) is 0 Å². The van der Waals surface area contributed by atoms with Gasteiger partial charge in [-0.3, -0.25) is 4.79 Å². The van der Waals surface area contributed by atoms with Gasteiger partial charge in [0, 0.05) is 21.1 Å². The van der Waals surface area contributed by atoms with Crippen LogP contribution in [-0.4, -0.2) is 24.0 Å². The normalized spacial score (nSPS) is 7.11. The van der Waals surface area contributed by atoms with E-state index in [0.717, 1.165) is 0 Å². The van der Waals surface area contributed by atoms with Crippen LogP contribution < -0.4 is 5.32 Å². The van der Waals surface area contributed by atoms with Crippen LogP contribution in [0.1, 0.15) is 6.42 Å². The van der Waals surface area contributed by atoms with Crippen LogP contribution in [0.2, 0.25) is 0 Å². The molecule has 0 spiro atoms. The summed E-state index contributed by atoms with van der Waals surface area (Å²) in [6, 6.07) is 0. The van der Waals surface area contributed by atoms with Crippen molar-refractivity contribution in [3.8, 4) is 0 Å². The second kappa shape index (κ2) is 7.63. The predicted octanol–water partition coefficient (Wildman–Crippen LogP) is -0.885. The zero-order valence-electron chi connectivity index (χ0n) is 4.59. The molecule has 0 aliphatic heterocycles. The molecule has 4 nitrogen and oxygen atoms in total. The fourth-order valence-electron chi connectivity index (χ4n) is 0.220. The number of amides is 1. The Hall–Kier alpha value is -0.372. The molecule has 2 N–H and O–H groups in total. The Bertz CT molecular complexity index is 95.8. The molecule has 0 atom stereocenters. The van der Waals surface area contributed by atoms with Gasteiger partial charge in [0.2, 0.25) is 0 Å². The number of carboxylic acid groups (broad SMARTS) is 1. The van der Waals surface area contributed by atoms with Crippen LogP contribution in [0.25, 0.3) is 0 Å². The maximum atomic E-state index is 9.70. The third kappa shape index (κ3) is 11.3. The van der Waals surface area contributed by atoms with Gasteiger partial charge in [-0.1, -0.05) is 0 Å². The van der Waals surface area contributed by atoms with Crippen LogP contribution in [0.5, 0.6) is 0 Å². The summed E-state index contributed by atoms with van der Waals surface area (Å²) in [5.74, 6) is -0.923. The van der Waals surface area contributed by atoms with Crippen molar-refractivity contribution in [1.29, 1.82) is 0 Å². The first kappa shape index (κ1) is 11.4. The molecule has 0 bridgehead atoms. The van der Waals surface area contributed by atoms with Crippen molar-refractivity contribution in [2.75, 3.05) is 6.54 Å². The van der Waals surface area contributed by atoms with Crippen LogP contribution in [0, 0.1) is 0 Å². The summed E-state index contributed by atoms with van der Waals surface area (Å²) < 4.78 is 0. The van der Waals surface area contributed by atoms with Crippen LogP contribution in [0.4, 0.5) is 0 Å². The molecule has 0 saturated heterocycles. The second-order valence-corrected chi connectivity index (χ2v) is 1.17. The summed E-state index contributed by atoms with van der Waals surface area (Å²) in [4.78, 5) is 19.1. The van der Waals surface area contributed by atoms with E-state index in [0.29, 0.717) is 0 Å². The van der Waals surface area contributed by atoms with Gasteiger partial charge in [0.1, 0.15) is 0 Å². The molecule has 0 aromatic rings. The smallest absolute Gasteiger partial charge is 0.305 e. The summed E-state index contributed by atoms with van der Waals surface area (Å²) >= 11 is 0. The molecule has 0 unspecified atom stereocenters. The predicted molar refractivity (Wildman–Crippen MR) is 25.9 cm³/mol. The summed E-state index contributed by atoms with van der Waals surface area (Å²) in [6.45, 7) is 0.152. The average Bonchev–Trinajstić information content (AvgIpc) is 1.66. The first-order valence-corrected chi connectivity index (χ1v) is 2.09. The Kier molecular flexibility index (Phi) is 9.69. The minimum absolute atomic E-state index is 0. The summed E-state index contributed by atoms with van der Waals surface area (Å²) in [5, 5.41) is 10.1. The second-order valence-electron chi connectivity index (χ2n) is 1.17. The van der Waals surface area contributed by atoms with E-state index < -0.39 is 5.97 Å². The average molecular weight is 300 g/mol. The van der Waals surface area contributed by atoms with Gasteiger partial charge in [-0.15, -0.1) is 0 Å². The van der Waals surface area contributed by atoms with Crippen molar-refractivity contribution in [2.45, 2.75) is 6.42 Å². The number of carboxylic acids is 1. The fraction of sp³-hybridized carbons (Fsp3) is 0.500. The van der Waals surface area contributed by atoms with Crippen molar-refractivity contribution in [1.82, 2.24) is 5.32 Å². The fourth-order valence-corrected chi connectivity index (χ4v) is 0.220. The molecule has 1 amide bonds. The zero-order valence-corrected chi connectivity index (χ0v) is 7.52. The van der Waals surface area contributed by atoms with E-state index in [9.17, 15) is 9.59 Å². The third-order valence-electron chi connectivity index (χ3n) is 0.536. The number of aliphatic carboxylic acids is 1. The number of rotatable bonds is 4. The zero-order chi connectivity index (χ0) is 6.41. The quantitative estimate of drug-likeness (QED) is 0.402. The van der Waals surface area contributed by atoms with Crippen LogP contribution in [-0.2, 0) is 30.7 Å². The summed E-state index contributed by atoms with van der Waals surface area (Å²) in [6.07, 6.45) is 1.31. The van der Waals surface area contributed by atoms with Gasteiger partial charge in [0.05, 0.1) is 6.42 Å². The number of carbonyl (C=O) groups is 1. The Labute approximate surface area is 66.9 Å². The SMILES string of the molecule is O=[C-]NCCC(=O)O.[W]. The van der Waals surface area contributed by atoms with Crippen molar-refractivity contribution in [3.05, 3.63) is 0 Å². The van der Waals surface area contributed by atoms with Gasteiger partial charge in [0.25, 0.3) is 0 Å². The molecular weight excluding hydrogens is 294 g/mol. The maximum Gasteiger partial charge on any atom is 0.305 e. The van der Waals surface area contributed by atoms with Crippen LogP contribution >= 0.6 is 0 Å². The van der Waals surface area contributed by atoms with Gasteiger partial charge < -0.3 is 15.2 Å². The number of hydrogen-bond acceptors (Lipinski definition) is 2. The number of hydrogen-bond donors (Lipinski definition) is 2. The summed E-state index contributed by atoms with van der Waals surface area (Å²) in [7, 11) is 0. The minimum Gasteiger partial charge on any atom is -0.529 e. The van der Waals surface area contributed by atoms with E-state index in [2.05, 4.69) is 5.32 Å². The van der Waals surface area contributed by atoms with Crippen molar-refractivity contribution in [2.24, 2.45) is 0 Å². The molecule has 52 valence electrons. The molecule has 5 heteroatoms. The van der Waals surface area contributed by atoms with Gasteiger partial charge in [-0.2, -0.15) is 6.41 Å². The van der Waals surface area contributed by atoms with Gasteiger partial charge >= 0.3 is 5.97 Å². The molecule has 0 radical (unpaired) electrons. The van der Waals surface area contributed by atoms with Crippen LogP contribution in [0.3, 0.4) is 0 Å². The van der Waals surface area contributed by atoms with E-state index >= 15 is 0 Å². The number of carbonyl (C=O) groups excluding carboxylic acids is 1. The van der Waals surface area contributed by atoms with Gasteiger partial charge in [0.15, 0.2) is 0 Å². The molecule has 0 aromatic heterocycles. The van der Waals surface area contributed by atoms with E-state index in [-0.39, 0.29) is 34.0 Å². The minimum atomic E-state index is -0.923. The van der Waals surface area contributed by atoms with Crippen molar-refractivity contribution >= 4 is 12.4 Å². The maximum absolute atomic E-state index is 9.70. The summed E-state index contributed by atoms with van der Waals surface area (Å²) in [5.41, 5.74) is 0. The molecule has 0 aromatic carbocycles. The molecule has 0 aliphatic carbocycles. The number of nitrogens with one attached hydrogen (secondary N) is 1. The van der Waals surface area contributed by atoms with E-state index in [1.807, 2.05) is 0 Å². The largest absolute Gasteiger partial charge is 0.529 e. The Morgan fingerprint density at radius 3 is 2.56 bits per heavy atom. The molecule has 0 aliphatic rings. The molecular formula is C4H6NO3W-. The van der Waals surface area contributed by atoms with E-state index in [4.69, 9.17) is 5.11 Å². The molecule has 0 rings (SSSR count). The van der Waals surface area contributed by atoms with Crippen LogP contribution in [0.15, 0.2) is 0 Å². The molecule has 0 fully saturated rings. The Morgan fingerprint density at radius 2 is 2.22 bits per heavy atom. The molecule has 9 heavy (non-hydrogen) atoms. The van der Waals surface area contributed by atoms with Crippen molar-refractivity contribution < 1.29 is 35.8 Å². The topological polar surface area (TPSA) is 66.4 Å². The Balaban J connectivity index is 0. The standard InChI is InChI=1S/C4H6NO3.W/c6-3-5-2-1-4(7)8;/h1-2H2,(H,5,6)(H,7,8);/q-1;. The molecule has 0 heterocycles. The first-order valence-electron chi connectivity index (χ1n) is 2.09. The monoisotopic (exact) mass is 300 g/mol. The van der Waals surface area contributed by atoms with E-state index in [1.165, 1.54) is 6.41 Å².